The molecule has 0 spiro atoms. The van der Waals surface area contributed by atoms with Crippen LogP contribution in [0.5, 0.6) is 0 Å². The Morgan fingerprint density at radius 1 is 1.05 bits per heavy atom. The van der Waals surface area contributed by atoms with Crippen LogP contribution >= 0.6 is 11.8 Å². The van der Waals surface area contributed by atoms with E-state index in [-0.39, 0.29) is 46.7 Å². The summed E-state index contributed by atoms with van der Waals surface area (Å²) in [7, 11) is 0. The maximum absolute atomic E-state index is 13.9. The van der Waals surface area contributed by atoms with E-state index in [9.17, 15) is 19.2 Å². The van der Waals surface area contributed by atoms with Gasteiger partial charge in [-0.3, -0.25) is 23.9 Å². The van der Waals surface area contributed by atoms with Crippen molar-refractivity contribution >= 4 is 46.3 Å². The molecule has 2 aromatic heterocycles. The van der Waals surface area contributed by atoms with E-state index in [1.807, 2.05) is 51.1 Å². The first kappa shape index (κ1) is 30.4. The predicted octanol–water partition coefficient (Wildman–Crippen LogP) is 3.29. The highest BCUT2D eigenvalue weighted by Gasteiger charge is 2.44. The van der Waals surface area contributed by atoms with Gasteiger partial charge in [0.05, 0.1) is 17.3 Å². The van der Waals surface area contributed by atoms with E-state index in [2.05, 4.69) is 36.1 Å². The summed E-state index contributed by atoms with van der Waals surface area (Å²) in [5, 5.41) is 2.35. The molecule has 5 heterocycles. The van der Waals surface area contributed by atoms with Crippen molar-refractivity contribution in [3.05, 3.63) is 58.6 Å². The van der Waals surface area contributed by atoms with Crippen LogP contribution in [-0.2, 0) is 14.4 Å². The number of amides is 3. The van der Waals surface area contributed by atoms with Crippen LogP contribution in [0.3, 0.4) is 0 Å². The highest BCUT2D eigenvalue weighted by atomic mass is 32.2. The summed E-state index contributed by atoms with van der Waals surface area (Å²) < 4.78 is 1.76. The Balaban J connectivity index is 1.17. The lowest BCUT2D eigenvalue weighted by Gasteiger charge is -2.33. The number of nitrogens with zero attached hydrogens (tertiary/aromatic N) is 5. The van der Waals surface area contributed by atoms with E-state index in [4.69, 9.17) is 0 Å². The maximum Gasteiger partial charge on any atom is 0.327 e. The zero-order valence-corrected chi connectivity index (χ0v) is 26.4. The molecule has 11 nitrogen and oxygen atoms in total. The topological polar surface area (TPSA) is 124 Å². The number of rotatable bonds is 7. The standard InChI is InChI=1S/C32H41N7O4S/c1-32(2,3)12-17-38-29(42)25(44-30(38)22-7-4-5-8-23(22)37-18-14-33-20-27(37)41)19-26(40)36-15-10-21(11-16-36)39-24-9-6-13-34-28(24)35-31(39)43/h4-9,13,21,25,30,33H,10-12,14-20H2,1-3H3,(H,34,35,43)/t25-,30?/m1/s1. The number of benzene rings is 1. The third-order valence-electron chi connectivity index (χ3n) is 8.85. The fraction of sp³-hybridized carbons (Fsp3) is 0.531. The molecule has 6 rings (SSSR count). The number of hydrogen-bond acceptors (Lipinski definition) is 7. The molecule has 0 aliphatic carbocycles. The number of pyridine rings is 1. The van der Waals surface area contributed by atoms with Gasteiger partial charge in [0.1, 0.15) is 5.37 Å². The van der Waals surface area contributed by atoms with Gasteiger partial charge < -0.3 is 20.0 Å². The van der Waals surface area contributed by atoms with Gasteiger partial charge in [0, 0.05) is 62.6 Å². The van der Waals surface area contributed by atoms with Gasteiger partial charge in [-0.15, -0.1) is 11.8 Å². The van der Waals surface area contributed by atoms with Gasteiger partial charge in [0.2, 0.25) is 17.7 Å². The Bertz CT molecular complexity index is 1600. The molecule has 1 unspecified atom stereocenters. The Hall–Kier alpha value is -3.64. The summed E-state index contributed by atoms with van der Waals surface area (Å²) in [5.41, 5.74) is 2.97. The molecular weight excluding hydrogens is 578 g/mol. The molecule has 0 radical (unpaired) electrons. The smallest absolute Gasteiger partial charge is 0.327 e. The van der Waals surface area contributed by atoms with E-state index in [1.165, 1.54) is 11.8 Å². The quantitative estimate of drug-likeness (QED) is 0.416. The van der Waals surface area contributed by atoms with Crippen molar-refractivity contribution in [2.75, 3.05) is 44.2 Å². The van der Waals surface area contributed by atoms with Crippen molar-refractivity contribution in [1.29, 1.82) is 0 Å². The van der Waals surface area contributed by atoms with Crippen LogP contribution in [0.25, 0.3) is 11.2 Å². The third-order valence-corrected chi connectivity index (χ3v) is 10.3. The van der Waals surface area contributed by atoms with Crippen LogP contribution in [0.4, 0.5) is 5.69 Å². The number of aromatic amines is 1. The fourth-order valence-corrected chi connectivity index (χ4v) is 7.94. The van der Waals surface area contributed by atoms with Crippen LogP contribution < -0.4 is 15.9 Å². The van der Waals surface area contributed by atoms with Crippen molar-refractivity contribution < 1.29 is 14.4 Å². The van der Waals surface area contributed by atoms with E-state index in [0.717, 1.165) is 23.2 Å². The molecule has 3 amide bonds. The van der Waals surface area contributed by atoms with E-state index < -0.39 is 5.25 Å². The van der Waals surface area contributed by atoms with Gasteiger partial charge in [-0.25, -0.2) is 9.78 Å². The van der Waals surface area contributed by atoms with Gasteiger partial charge in [-0.1, -0.05) is 39.0 Å². The summed E-state index contributed by atoms with van der Waals surface area (Å²) in [6.07, 6.45) is 3.92. The summed E-state index contributed by atoms with van der Waals surface area (Å²) >= 11 is 1.52. The summed E-state index contributed by atoms with van der Waals surface area (Å²) in [6.45, 7) is 9.69. The van der Waals surface area contributed by atoms with Crippen molar-refractivity contribution in [2.45, 2.75) is 63.1 Å². The number of nitrogens with one attached hydrogen (secondary N) is 2. The molecule has 12 heteroatoms. The number of aromatic nitrogens is 3. The van der Waals surface area contributed by atoms with Crippen LogP contribution in [0.2, 0.25) is 0 Å². The van der Waals surface area contributed by atoms with Crippen molar-refractivity contribution in [1.82, 2.24) is 29.7 Å². The predicted molar refractivity (Wildman–Crippen MR) is 171 cm³/mol. The second-order valence-electron chi connectivity index (χ2n) is 13.1. The Labute approximate surface area is 261 Å². The van der Waals surface area contributed by atoms with Gasteiger partial charge in [-0.2, -0.15) is 0 Å². The second kappa shape index (κ2) is 12.4. The number of anilines is 1. The van der Waals surface area contributed by atoms with Crippen LogP contribution in [0.1, 0.15) is 63.4 Å². The number of hydrogen-bond donors (Lipinski definition) is 2. The number of likely N-dealkylation sites (tertiary alicyclic amines) is 1. The third kappa shape index (κ3) is 6.14. The minimum Gasteiger partial charge on any atom is -0.342 e. The molecule has 3 saturated heterocycles. The normalized spacial score (nSPS) is 21.9. The minimum atomic E-state index is -0.501. The van der Waals surface area contributed by atoms with Gasteiger partial charge in [-0.05, 0) is 42.9 Å². The van der Waals surface area contributed by atoms with Crippen LogP contribution in [0, 0.1) is 5.41 Å². The lowest BCUT2D eigenvalue weighted by atomic mass is 9.92. The van der Waals surface area contributed by atoms with Crippen LogP contribution in [-0.4, -0.2) is 86.6 Å². The number of piperazine rings is 1. The largest absolute Gasteiger partial charge is 0.342 e. The highest BCUT2D eigenvalue weighted by Crippen LogP contribution is 2.48. The molecule has 3 fully saturated rings. The molecule has 2 atom stereocenters. The molecule has 0 bridgehead atoms. The zero-order chi connectivity index (χ0) is 31.0. The number of carbonyl (C=O) groups is 3. The minimum absolute atomic E-state index is 0.0144. The number of carbonyl (C=O) groups excluding carboxylic acids is 3. The van der Waals surface area contributed by atoms with Gasteiger partial charge >= 0.3 is 5.69 Å². The lowest BCUT2D eigenvalue weighted by molar-refractivity contribution is -0.136. The van der Waals surface area contributed by atoms with Gasteiger partial charge in [0.15, 0.2) is 5.65 Å². The molecule has 0 saturated carbocycles. The molecule has 2 N–H and O–H groups in total. The fourth-order valence-electron chi connectivity index (χ4n) is 6.43. The molecule has 44 heavy (non-hydrogen) atoms. The summed E-state index contributed by atoms with van der Waals surface area (Å²) in [6, 6.07) is 11.5. The first-order chi connectivity index (χ1) is 21.1. The number of thioether (sulfide) groups is 1. The van der Waals surface area contributed by atoms with Crippen molar-refractivity contribution in [3.63, 3.8) is 0 Å². The number of piperidine rings is 1. The van der Waals surface area contributed by atoms with E-state index >= 15 is 0 Å². The Morgan fingerprint density at radius 3 is 2.57 bits per heavy atom. The van der Waals surface area contributed by atoms with Crippen molar-refractivity contribution in [3.8, 4) is 0 Å². The second-order valence-corrected chi connectivity index (χ2v) is 14.4. The Morgan fingerprint density at radius 2 is 1.82 bits per heavy atom. The van der Waals surface area contributed by atoms with Crippen molar-refractivity contribution in [2.24, 2.45) is 5.41 Å². The first-order valence-corrected chi connectivity index (χ1v) is 16.4. The van der Waals surface area contributed by atoms with E-state index in [1.54, 1.807) is 10.8 Å². The molecular formula is C32H41N7O4S. The maximum atomic E-state index is 13.9. The number of fused-ring (bicyclic) bond motifs is 1. The molecule has 3 aliphatic rings. The lowest BCUT2D eigenvalue weighted by Crippen LogP contribution is -2.48. The molecule has 234 valence electrons. The van der Waals surface area contributed by atoms with Gasteiger partial charge in [0.25, 0.3) is 0 Å². The number of para-hydroxylation sites is 1. The summed E-state index contributed by atoms with van der Waals surface area (Å²) in [5.74, 6) is -0.0449. The van der Waals surface area contributed by atoms with E-state index in [0.29, 0.717) is 57.8 Å². The van der Waals surface area contributed by atoms with Crippen LogP contribution in [0.15, 0.2) is 47.4 Å². The number of imidazole rings is 1. The average Bonchev–Trinajstić information content (AvgIpc) is 3.51. The SMILES string of the molecule is CC(C)(C)CCN1C(=O)[C@@H](CC(=O)N2CCC(n3c(=O)[nH]c4ncccc43)CC2)SC1c1ccccc1N1CCNCC1=O. The number of H-pyrrole nitrogens is 1. The molecule has 1 aromatic carbocycles. The highest BCUT2D eigenvalue weighted by molar-refractivity contribution is 8.01. The first-order valence-electron chi connectivity index (χ1n) is 15.5. The zero-order valence-electron chi connectivity index (χ0n) is 25.6. The molecule has 3 aliphatic heterocycles. The monoisotopic (exact) mass is 619 g/mol. The molecule has 3 aromatic rings. The summed E-state index contributed by atoms with van der Waals surface area (Å²) in [4.78, 5) is 65.7. The Kier molecular flexibility index (Phi) is 8.56. The average molecular weight is 620 g/mol.